The van der Waals surface area contributed by atoms with Crippen LogP contribution in [0.1, 0.15) is 23.8 Å². The summed E-state index contributed by atoms with van der Waals surface area (Å²) in [5.41, 5.74) is 7.03. The number of hydrogen-bond donors (Lipinski definition) is 1. The lowest BCUT2D eigenvalue weighted by Crippen LogP contribution is -2.09. The Bertz CT molecular complexity index is 807. The van der Waals surface area contributed by atoms with E-state index in [-0.39, 0.29) is 18.7 Å². The third-order valence-corrected chi connectivity index (χ3v) is 3.25. The fourth-order valence-corrected chi connectivity index (χ4v) is 2.11. The Balaban J connectivity index is 1.82. The highest BCUT2D eigenvalue weighted by molar-refractivity contribution is 5.54. The van der Waals surface area contributed by atoms with E-state index >= 15 is 0 Å². The zero-order chi connectivity index (χ0) is 16.4. The van der Waals surface area contributed by atoms with Crippen molar-refractivity contribution in [1.82, 2.24) is 25.0 Å². The second-order valence-corrected chi connectivity index (χ2v) is 5.10. The normalized spacial score (nSPS) is 11.8. The quantitative estimate of drug-likeness (QED) is 0.772. The number of nitrogens with two attached hydrogens (primary N) is 1. The van der Waals surface area contributed by atoms with E-state index in [1.54, 1.807) is 6.20 Å². The molecule has 0 aromatic carbocycles. The van der Waals surface area contributed by atoms with E-state index in [0.29, 0.717) is 22.7 Å². The van der Waals surface area contributed by atoms with Gasteiger partial charge in [-0.3, -0.25) is 4.98 Å². The Kier molecular flexibility index (Phi) is 3.87. The summed E-state index contributed by atoms with van der Waals surface area (Å²) in [6.45, 7) is 1.29. The lowest BCUT2D eigenvalue weighted by molar-refractivity contribution is 0.0170. The van der Waals surface area contributed by atoms with Gasteiger partial charge in [0.1, 0.15) is 17.1 Å². The van der Waals surface area contributed by atoms with Gasteiger partial charge in [-0.05, 0) is 11.6 Å². The first-order valence-corrected chi connectivity index (χ1v) is 6.82. The maximum absolute atomic E-state index is 13.3. The number of hydrogen-bond acceptors (Lipinski definition) is 6. The van der Waals surface area contributed by atoms with Crippen molar-refractivity contribution in [3.63, 3.8) is 0 Å². The molecule has 3 heterocycles. The predicted octanol–water partition coefficient (Wildman–Crippen LogP) is 1.95. The van der Waals surface area contributed by atoms with Crippen molar-refractivity contribution in [2.24, 2.45) is 5.73 Å². The zero-order valence-electron chi connectivity index (χ0n) is 12.3. The molecule has 3 aromatic heterocycles. The molecule has 0 fully saturated rings. The Hall–Kier alpha value is -2.68. The monoisotopic (exact) mass is 320 g/mol. The molecule has 0 amide bonds. The van der Waals surface area contributed by atoms with Crippen LogP contribution in [-0.4, -0.2) is 25.0 Å². The van der Waals surface area contributed by atoms with Gasteiger partial charge in [0.15, 0.2) is 6.39 Å². The molecule has 0 atom stereocenters. The molecule has 7 nitrogen and oxygen atoms in total. The van der Waals surface area contributed by atoms with Crippen LogP contribution in [0.3, 0.4) is 0 Å². The van der Waals surface area contributed by atoms with E-state index in [0.717, 1.165) is 13.1 Å². The minimum absolute atomic E-state index is 0.141. The molecule has 3 rings (SSSR count). The zero-order valence-corrected chi connectivity index (χ0v) is 12.3. The molecule has 0 aliphatic rings. The van der Waals surface area contributed by atoms with E-state index in [2.05, 4.69) is 20.3 Å². The fourth-order valence-electron chi connectivity index (χ4n) is 2.11. The van der Waals surface area contributed by atoms with Crippen LogP contribution < -0.4 is 5.73 Å². The van der Waals surface area contributed by atoms with Gasteiger partial charge in [0, 0.05) is 24.9 Å². The van der Waals surface area contributed by atoms with Crippen LogP contribution in [0.15, 0.2) is 35.5 Å². The summed E-state index contributed by atoms with van der Waals surface area (Å²) in [6.07, 6.45) is 5.60. The van der Waals surface area contributed by atoms with Gasteiger partial charge in [0.05, 0.1) is 19.3 Å². The summed E-state index contributed by atoms with van der Waals surface area (Å²) in [5.74, 6) is -2.43. The minimum Gasteiger partial charge on any atom is -0.446 e. The first-order chi connectivity index (χ1) is 11.0. The van der Waals surface area contributed by atoms with Gasteiger partial charge in [0.2, 0.25) is 0 Å². The number of aromatic nitrogens is 5. The number of nitrogens with zero attached hydrogens (tertiary/aromatic N) is 5. The Labute approximate surface area is 130 Å². The Morgan fingerprint density at radius 2 is 2.17 bits per heavy atom. The standard InChI is InChI=1S/C14H14F2N6O/c1-14(15,16)10-2-9(4-18-5-10)6-22-7-11(20-21-22)13-12(3-17)23-8-19-13/h2,4-5,7-8H,3,6,17H2,1H3. The molecular weight excluding hydrogens is 306 g/mol. The van der Waals surface area contributed by atoms with Crippen molar-refractivity contribution >= 4 is 0 Å². The average Bonchev–Trinajstić information content (AvgIpc) is 3.14. The second-order valence-electron chi connectivity index (χ2n) is 5.10. The Morgan fingerprint density at radius 3 is 2.91 bits per heavy atom. The third kappa shape index (κ3) is 3.24. The molecule has 23 heavy (non-hydrogen) atoms. The van der Waals surface area contributed by atoms with Crippen LogP contribution in [-0.2, 0) is 19.0 Å². The first-order valence-electron chi connectivity index (χ1n) is 6.82. The first kappa shape index (κ1) is 15.2. The molecule has 0 aliphatic carbocycles. The molecule has 0 unspecified atom stereocenters. The molecule has 9 heteroatoms. The number of alkyl halides is 2. The van der Waals surface area contributed by atoms with Crippen molar-refractivity contribution in [2.75, 3.05) is 0 Å². The summed E-state index contributed by atoms with van der Waals surface area (Å²) in [4.78, 5) is 7.90. The van der Waals surface area contributed by atoms with Crippen molar-refractivity contribution in [1.29, 1.82) is 0 Å². The molecule has 0 bridgehead atoms. The van der Waals surface area contributed by atoms with Crippen LogP contribution in [0.4, 0.5) is 8.78 Å². The highest BCUT2D eigenvalue weighted by Gasteiger charge is 2.24. The molecular formula is C14H14F2N6O. The van der Waals surface area contributed by atoms with Gasteiger partial charge in [-0.25, -0.2) is 18.4 Å². The van der Waals surface area contributed by atoms with Crippen LogP contribution in [0.5, 0.6) is 0 Å². The summed E-state index contributed by atoms with van der Waals surface area (Å²) in [6, 6.07) is 1.40. The van der Waals surface area contributed by atoms with Crippen molar-refractivity contribution in [2.45, 2.75) is 25.9 Å². The molecule has 0 spiro atoms. The summed E-state index contributed by atoms with van der Waals surface area (Å²) in [7, 11) is 0. The van der Waals surface area contributed by atoms with Gasteiger partial charge in [0.25, 0.3) is 5.92 Å². The smallest absolute Gasteiger partial charge is 0.272 e. The SMILES string of the molecule is CC(F)(F)c1cncc(Cn2cc(-c3ncoc3CN)nn2)c1. The van der Waals surface area contributed by atoms with Gasteiger partial charge in [-0.2, -0.15) is 0 Å². The fraction of sp³-hybridized carbons (Fsp3) is 0.286. The number of oxazole rings is 1. The van der Waals surface area contributed by atoms with Crippen molar-refractivity contribution in [3.05, 3.63) is 47.9 Å². The van der Waals surface area contributed by atoms with Crippen LogP contribution >= 0.6 is 0 Å². The van der Waals surface area contributed by atoms with E-state index in [4.69, 9.17) is 10.2 Å². The van der Waals surface area contributed by atoms with Gasteiger partial charge >= 0.3 is 0 Å². The van der Waals surface area contributed by atoms with Crippen LogP contribution in [0.25, 0.3) is 11.4 Å². The van der Waals surface area contributed by atoms with Gasteiger partial charge < -0.3 is 10.2 Å². The minimum atomic E-state index is -2.94. The lowest BCUT2D eigenvalue weighted by Gasteiger charge is -2.11. The van der Waals surface area contributed by atoms with Crippen LogP contribution in [0.2, 0.25) is 0 Å². The van der Waals surface area contributed by atoms with Crippen molar-refractivity contribution < 1.29 is 13.2 Å². The van der Waals surface area contributed by atoms with Crippen molar-refractivity contribution in [3.8, 4) is 11.4 Å². The molecule has 120 valence electrons. The summed E-state index contributed by atoms with van der Waals surface area (Å²) >= 11 is 0. The Morgan fingerprint density at radius 1 is 1.35 bits per heavy atom. The molecule has 0 aliphatic heterocycles. The molecule has 0 saturated heterocycles. The van der Waals surface area contributed by atoms with E-state index < -0.39 is 5.92 Å². The average molecular weight is 320 g/mol. The van der Waals surface area contributed by atoms with Crippen LogP contribution in [0, 0.1) is 0 Å². The van der Waals surface area contributed by atoms with Gasteiger partial charge in [-0.1, -0.05) is 5.21 Å². The molecule has 0 radical (unpaired) electrons. The maximum atomic E-state index is 13.3. The van der Waals surface area contributed by atoms with E-state index in [9.17, 15) is 8.78 Å². The lowest BCUT2D eigenvalue weighted by atomic mass is 10.1. The largest absolute Gasteiger partial charge is 0.446 e. The molecule has 2 N–H and O–H groups in total. The number of halogens is 2. The topological polar surface area (TPSA) is 95.7 Å². The molecule has 0 saturated carbocycles. The second kappa shape index (κ2) is 5.84. The van der Waals surface area contributed by atoms with E-state index in [1.807, 2.05) is 0 Å². The third-order valence-electron chi connectivity index (χ3n) is 3.25. The number of pyridine rings is 1. The summed E-state index contributed by atoms with van der Waals surface area (Å²) in [5, 5.41) is 7.96. The maximum Gasteiger partial charge on any atom is 0.272 e. The highest BCUT2D eigenvalue weighted by atomic mass is 19.3. The predicted molar refractivity (Wildman–Crippen MR) is 76.3 cm³/mol. The molecule has 3 aromatic rings. The highest BCUT2D eigenvalue weighted by Crippen LogP contribution is 2.26. The number of rotatable bonds is 5. The summed E-state index contributed by atoms with van der Waals surface area (Å²) < 4.78 is 33.3. The van der Waals surface area contributed by atoms with E-state index in [1.165, 1.54) is 23.3 Å². The van der Waals surface area contributed by atoms with Gasteiger partial charge in [-0.15, -0.1) is 5.10 Å².